The van der Waals surface area contributed by atoms with Gasteiger partial charge in [-0.2, -0.15) is 5.10 Å². The van der Waals surface area contributed by atoms with Crippen molar-refractivity contribution in [3.8, 4) is 0 Å². The highest BCUT2D eigenvalue weighted by Gasteiger charge is 2.33. The van der Waals surface area contributed by atoms with Gasteiger partial charge >= 0.3 is 0 Å². The first kappa shape index (κ1) is 20.4. The predicted molar refractivity (Wildman–Crippen MR) is 91.5 cm³/mol. The van der Waals surface area contributed by atoms with Gasteiger partial charge in [-0.1, -0.05) is 0 Å². The van der Waals surface area contributed by atoms with E-state index in [2.05, 4.69) is 15.1 Å². The van der Waals surface area contributed by atoms with Gasteiger partial charge in [0.2, 0.25) is 10.0 Å². The fourth-order valence-electron chi connectivity index (χ4n) is 2.71. The van der Waals surface area contributed by atoms with Crippen molar-refractivity contribution in [1.29, 1.82) is 0 Å². The van der Waals surface area contributed by atoms with Gasteiger partial charge in [0.25, 0.3) is 0 Å². The SMILES string of the molecule is COCC1(CNS(=O)(=O)c2cnn(C(C)C)c2)CCNCC1.Cl. The van der Waals surface area contributed by atoms with Gasteiger partial charge in [-0.05, 0) is 39.8 Å². The first-order valence-corrected chi connectivity index (χ1v) is 9.10. The minimum Gasteiger partial charge on any atom is -0.384 e. The first-order chi connectivity index (χ1) is 10.4. The summed E-state index contributed by atoms with van der Waals surface area (Å²) in [5.74, 6) is 0. The van der Waals surface area contributed by atoms with Crippen LogP contribution in [-0.4, -0.2) is 51.5 Å². The third-order valence-corrected chi connectivity index (χ3v) is 5.52. The number of piperidine rings is 1. The quantitative estimate of drug-likeness (QED) is 0.756. The van der Waals surface area contributed by atoms with E-state index in [0.29, 0.717) is 13.2 Å². The summed E-state index contributed by atoms with van der Waals surface area (Å²) in [6, 6.07) is 0.133. The van der Waals surface area contributed by atoms with Crippen molar-refractivity contribution < 1.29 is 13.2 Å². The summed E-state index contributed by atoms with van der Waals surface area (Å²) >= 11 is 0. The van der Waals surface area contributed by atoms with Crippen molar-refractivity contribution >= 4 is 22.4 Å². The predicted octanol–water partition coefficient (Wildman–Crippen LogP) is 1.18. The van der Waals surface area contributed by atoms with Crippen molar-refractivity contribution in [2.24, 2.45) is 5.41 Å². The van der Waals surface area contributed by atoms with Gasteiger partial charge in [-0.15, -0.1) is 12.4 Å². The summed E-state index contributed by atoms with van der Waals surface area (Å²) in [4.78, 5) is 0.211. The maximum absolute atomic E-state index is 12.4. The van der Waals surface area contributed by atoms with Crippen LogP contribution < -0.4 is 10.0 Å². The molecule has 0 saturated carbocycles. The summed E-state index contributed by atoms with van der Waals surface area (Å²) < 4.78 is 34.6. The lowest BCUT2D eigenvalue weighted by Gasteiger charge is -2.37. The van der Waals surface area contributed by atoms with Crippen LogP contribution in [0.5, 0.6) is 0 Å². The van der Waals surface area contributed by atoms with Crippen LogP contribution in [0.1, 0.15) is 32.7 Å². The lowest BCUT2D eigenvalue weighted by atomic mass is 9.80. The lowest BCUT2D eigenvalue weighted by Crippen LogP contribution is -2.47. The molecule has 0 spiro atoms. The monoisotopic (exact) mass is 366 g/mol. The zero-order valence-corrected chi connectivity index (χ0v) is 15.5. The zero-order chi connectivity index (χ0) is 16.2. The summed E-state index contributed by atoms with van der Waals surface area (Å²) in [5, 5.41) is 7.39. The van der Waals surface area contributed by atoms with E-state index >= 15 is 0 Å². The molecule has 0 aliphatic carbocycles. The molecule has 7 nitrogen and oxygen atoms in total. The van der Waals surface area contributed by atoms with E-state index in [1.807, 2.05) is 13.8 Å². The van der Waals surface area contributed by atoms with Crippen molar-refractivity contribution in [2.45, 2.75) is 37.6 Å². The van der Waals surface area contributed by atoms with Gasteiger partial charge in [0, 0.05) is 31.3 Å². The molecule has 0 amide bonds. The maximum atomic E-state index is 12.4. The molecule has 0 unspecified atom stereocenters. The Morgan fingerprint density at radius 3 is 2.61 bits per heavy atom. The number of nitrogens with zero attached hydrogens (tertiary/aromatic N) is 2. The van der Waals surface area contributed by atoms with E-state index < -0.39 is 10.0 Å². The minimum atomic E-state index is -3.54. The second-order valence-electron chi connectivity index (χ2n) is 6.26. The number of halogens is 1. The third kappa shape index (κ3) is 5.15. The fraction of sp³-hybridized carbons (Fsp3) is 0.786. The number of hydrogen-bond acceptors (Lipinski definition) is 5. The van der Waals surface area contributed by atoms with E-state index in [0.717, 1.165) is 25.9 Å². The van der Waals surface area contributed by atoms with Crippen LogP contribution in [0.2, 0.25) is 0 Å². The van der Waals surface area contributed by atoms with Crippen LogP contribution in [0.15, 0.2) is 17.3 Å². The van der Waals surface area contributed by atoms with E-state index in [-0.39, 0.29) is 28.8 Å². The zero-order valence-electron chi connectivity index (χ0n) is 13.9. The standard InChI is InChI=1S/C14H26N4O3S.ClH/c1-12(2)18-9-13(8-16-18)22(19,20)17-10-14(11-21-3)4-6-15-7-5-14;/h8-9,12,15,17H,4-7,10-11H2,1-3H3;1H. The average Bonchev–Trinajstić information content (AvgIpc) is 2.98. The number of nitrogens with one attached hydrogen (secondary N) is 2. The molecule has 134 valence electrons. The Morgan fingerprint density at radius 1 is 1.43 bits per heavy atom. The van der Waals surface area contributed by atoms with Crippen molar-refractivity contribution in [2.75, 3.05) is 33.4 Å². The van der Waals surface area contributed by atoms with Gasteiger partial charge in [0.05, 0.1) is 12.8 Å². The highest BCUT2D eigenvalue weighted by molar-refractivity contribution is 7.89. The Hall–Kier alpha value is -0.670. The fourth-order valence-corrected chi connectivity index (χ4v) is 3.80. The molecule has 2 heterocycles. The van der Waals surface area contributed by atoms with E-state index in [9.17, 15) is 8.42 Å². The highest BCUT2D eigenvalue weighted by atomic mass is 35.5. The molecule has 1 aliphatic heterocycles. The number of aromatic nitrogens is 2. The van der Waals surface area contributed by atoms with Crippen molar-refractivity contribution in [3.05, 3.63) is 12.4 Å². The Balaban J connectivity index is 0.00000264. The molecule has 0 aromatic carbocycles. The van der Waals surface area contributed by atoms with Crippen LogP contribution in [0.4, 0.5) is 0 Å². The molecule has 2 rings (SSSR count). The van der Waals surface area contributed by atoms with Gasteiger partial charge in [-0.3, -0.25) is 4.68 Å². The topological polar surface area (TPSA) is 85.2 Å². The Morgan fingerprint density at radius 2 is 2.09 bits per heavy atom. The summed E-state index contributed by atoms with van der Waals surface area (Å²) in [6.45, 7) is 6.63. The van der Waals surface area contributed by atoms with E-state index in [1.165, 1.54) is 6.20 Å². The molecule has 1 fully saturated rings. The third-order valence-electron chi connectivity index (χ3n) is 4.17. The lowest BCUT2D eigenvalue weighted by molar-refractivity contribution is 0.0577. The second-order valence-corrected chi connectivity index (χ2v) is 8.02. The molecule has 2 N–H and O–H groups in total. The Kier molecular flexibility index (Phi) is 7.47. The largest absolute Gasteiger partial charge is 0.384 e. The van der Waals surface area contributed by atoms with Crippen molar-refractivity contribution in [1.82, 2.24) is 19.8 Å². The molecule has 0 radical (unpaired) electrons. The number of sulfonamides is 1. The number of rotatable bonds is 7. The van der Waals surface area contributed by atoms with Crippen LogP contribution in [0.3, 0.4) is 0 Å². The molecule has 1 aliphatic rings. The maximum Gasteiger partial charge on any atom is 0.243 e. The van der Waals surface area contributed by atoms with Crippen LogP contribution in [0, 0.1) is 5.41 Å². The molecule has 1 aromatic rings. The molecule has 0 bridgehead atoms. The summed E-state index contributed by atoms with van der Waals surface area (Å²) in [5.41, 5.74) is -0.138. The Labute approximate surface area is 144 Å². The van der Waals surface area contributed by atoms with E-state index in [1.54, 1.807) is 18.0 Å². The van der Waals surface area contributed by atoms with Crippen LogP contribution in [-0.2, 0) is 14.8 Å². The minimum absolute atomic E-state index is 0. The molecule has 23 heavy (non-hydrogen) atoms. The second kappa shape index (κ2) is 8.43. The van der Waals surface area contributed by atoms with Crippen LogP contribution in [0.25, 0.3) is 0 Å². The average molecular weight is 367 g/mol. The number of ether oxygens (including phenoxy) is 1. The molecular weight excluding hydrogens is 340 g/mol. The summed E-state index contributed by atoms with van der Waals surface area (Å²) in [6.07, 6.45) is 4.76. The first-order valence-electron chi connectivity index (χ1n) is 7.62. The molecule has 1 saturated heterocycles. The van der Waals surface area contributed by atoms with Crippen LogP contribution >= 0.6 is 12.4 Å². The summed E-state index contributed by atoms with van der Waals surface area (Å²) in [7, 11) is -1.88. The molecule has 9 heteroatoms. The smallest absolute Gasteiger partial charge is 0.243 e. The van der Waals surface area contributed by atoms with Gasteiger partial charge in [0.15, 0.2) is 0 Å². The molecule has 0 atom stereocenters. The number of methoxy groups -OCH3 is 1. The normalized spacial score (nSPS) is 17.9. The molecule has 1 aromatic heterocycles. The van der Waals surface area contributed by atoms with Gasteiger partial charge in [-0.25, -0.2) is 13.1 Å². The van der Waals surface area contributed by atoms with Crippen molar-refractivity contribution in [3.63, 3.8) is 0 Å². The van der Waals surface area contributed by atoms with Gasteiger partial charge < -0.3 is 10.1 Å². The Bertz CT molecular complexity index is 577. The molecular formula is C14H27ClN4O3S. The van der Waals surface area contributed by atoms with E-state index in [4.69, 9.17) is 4.74 Å². The van der Waals surface area contributed by atoms with Gasteiger partial charge in [0.1, 0.15) is 4.90 Å². The highest BCUT2D eigenvalue weighted by Crippen LogP contribution is 2.28. The number of hydrogen-bond donors (Lipinski definition) is 2.